The summed E-state index contributed by atoms with van der Waals surface area (Å²) < 4.78 is 0. The van der Waals surface area contributed by atoms with Gasteiger partial charge in [0, 0.05) is 57.6 Å². The number of fused-ring (bicyclic) bond motifs is 2. The molecule has 0 saturated heterocycles. The van der Waals surface area contributed by atoms with Crippen molar-refractivity contribution in [3.05, 3.63) is 41.0 Å². The van der Waals surface area contributed by atoms with Gasteiger partial charge in [-0.15, -0.1) is 0 Å². The second-order valence-corrected chi connectivity index (χ2v) is 8.08. The first-order valence-electron chi connectivity index (χ1n) is 7.48. The van der Waals surface area contributed by atoms with Crippen LogP contribution in [-0.4, -0.2) is 23.6 Å². The highest BCUT2D eigenvalue weighted by atomic mass is 127. The topological polar surface area (TPSA) is 31.9 Å². The molecule has 1 aliphatic rings. The van der Waals surface area contributed by atoms with Crippen LogP contribution in [0.5, 0.6) is 0 Å². The minimum Gasteiger partial charge on any atom is -0.374 e. The summed E-state index contributed by atoms with van der Waals surface area (Å²) in [6.07, 6.45) is 4.12. The van der Waals surface area contributed by atoms with E-state index in [2.05, 4.69) is 61.3 Å². The lowest BCUT2D eigenvalue weighted by atomic mass is 9.97. The molecule has 0 aliphatic carbocycles. The summed E-state index contributed by atoms with van der Waals surface area (Å²) in [6, 6.07) is 8.61. The van der Waals surface area contributed by atoms with Crippen LogP contribution in [0.4, 0.5) is 5.69 Å². The molecule has 3 heterocycles. The van der Waals surface area contributed by atoms with Gasteiger partial charge in [0.05, 0.1) is 10.0 Å². The van der Waals surface area contributed by atoms with Crippen molar-refractivity contribution in [2.45, 2.75) is 17.9 Å². The molecule has 3 nitrogen and oxygen atoms in total. The Labute approximate surface area is 156 Å². The molecule has 0 unspecified atom stereocenters. The molecule has 4 rings (SSSR count). The van der Waals surface area contributed by atoms with E-state index < -0.39 is 0 Å². The summed E-state index contributed by atoms with van der Waals surface area (Å²) in [5, 5.41) is 2.84. The summed E-state index contributed by atoms with van der Waals surface area (Å²) in [5.74, 6) is 0. The number of hydrogen-bond donors (Lipinski definition) is 1. The Hall–Kier alpha value is -0.920. The predicted octanol–water partition coefficient (Wildman–Crippen LogP) is 5.71. The molecular formula is C17H15ClIN3S. The molecule has 3 aromatic rings. The maximum absolute atomic E-state index is 6.47. The Morgan fingerprint density at radius 1 is 1.35 bits per heavy atom. The van der Waals surface area contributed by atoms with E-state index in [-0.39, 0.29) is 0 Å². The molecule has 0 saturated carbocycles. The molecule has 1 aromatic carbocycles. The average molecular weight is 456 g/mol. The smallest absolute Gasteiger partial charge is 0.140 e. The van der Waals surface area contributed by atoms with Gasteiger partial charge in [0.1, 0.15) is 5.65 Å². The van der Waals surface area contributed by atoms with Crippen molar-refractivity contribution in [2.24, 2.45) is 0 Å². The lowest BCUT2D eigenvalue weighted by Gasteiger charge is -2.28. The third kappa shape index (κ3) is 2.62. The average Bonchev–Trinajstić information content (AvgIpc) is 2.95. The molecule has 2 aromatic heterocycles. The number of hydrogen-bond acceptors (Lipinski definition) is 3. The van der Waals surface area contributed by atoms with Gasteiger partial charge < -0.3 is 9.88 Å². The summed E-state index contributed by atoms with van der Waals surface area (Å²) in [4.78, 5) is 10.2. The van der Waals surface area contributed by atoms with Gasteiger partial charge in [0.2, 0.25) is 0 Å². The minimum atomic E-state index is 0.740. The van der Waals surface area contributed by atoms with Gasteiger partial charge in [-0.1, -0.05) is 23.7 Å². The Balaban J connectivity index is 1.97. The summed E-state index contributed by atoms with van der Waals surface area (Å²) in [7, 11) is 3.83. The standard InChI is InChI=1S/C17H15ClIN3S/c1-22-8-2-3-10-4-5-11(9-13(10)22)14-15-12(18)6-7-20-16(15)21-17(14)23-19/h4-7,9H,2-3,8H2,1H3,(H,20,21). The van der Waals surface area contributed by atoms with Crippen LogP contribution in [0.3, 0.4) is 0 Å². The van der Waals surface area contributed by atoms with E-state index in [4.69, 9.17) is 11.6 Å². The van der Waals surface area contributed by atoms with E-state index in [9.17, 15) is 0 Å². The number of aromatic amines is 1. The molecule has 0 bridgehead atoms. The van der Waals surface area contributed by atoms with Crippen LogP contribution in [0, 0.1) is 0 Å². The molecule has 118 valence electrons. The molecule has 1 N–H and O–H groups in total. The van der Waals surface area contributed by atoms with Crippen molar-refractivity contribution >= 4 is 58.5 Å². The van der Waals surface area contributed by atoms with E-state index in [0.717, 1.165) is 39.6 Å². The van der Waals surface area contributed by atoms with E-state index in [1.165, 1.54) is 23.2 Å². The first-order chi connectivity index (χ1) is 11.2. The Morgan fingerprint density at radius 3 is 3.04 bits per heavy atom. The third-order valence-corrected chi connectivity index (χ3v) is 6.51. The number of aryl methyl sites for hydroxylation is 1. The second kappa shape index (κ2) is 6.18. The van der Waals surface area contributed by atoms with Crippen molar-refractivity contribution in [1.82, 2.24) is 9.97 Å². The number of anilines is 1. The number of nitrogens with one attached hydrogen (secondary N) is 1. The van der Waals surface area contributed by atoms with E-state index in [0.29, 0.717) is 0 Å². The molecule has 0 amide bonds. The van der Waals surface area contributed by atoms with Gasteiger partial charge in [0.25, 0.3) is 0 Å². The Bertz CT molecular complexity index is 893. The highest BCUT2D eigenvalue weighted by Crippen LogP contribution is 2.43. The number of benzene rings is 1. The van der Waals surface area contributed by atoms with Crippen LogP contribution in [0.15, 0.2) is 35.5 Å². The predicted molar refractivity (Wildman–Crippen MR) is 108 cm³/mol. The largest absolute Gasteiger partial charge is 0.374 e. The quantitative estimate of drug-likeness (QED) is 0.502. The fourth-order valence-electron chi connectivity index (χ4n) is 3.30. The molecular weight excluding hydrogens is 441 g/mol. The molecule has 0 spiro atoms. The maximum atomic E-state index is 6.47. The van der Waals surface area contributed by atoms with Crippen LogP contribution >= 0.6 is 41.7 Å². The number of H-pyrrole nitrogens is 1. The van der Waals surface area contributed by atoms with Crippen molar-refractivity contribution in [3.63, 3.8) is 0 Å². The summed E-state index contributed by atoms with van der Waals surface area (Å²) in [6.45, 7) is 1.11. The van der Waals surface area contributed by atoms with Crippen molar-refractivity contribution in [2.75, 3.05) is 18.5 Å². The maximum Gasteiger partial charge on any atom is 0.140 e. The van der Waals surface area contributed by atoms with Crippen LogP contribution in [0.2, 0.25) is 5.02 Å². The number of halogens is 2. The number of nitrogens with zero attached hydrogens (tertiary/aromatic N) is 2. The van der Waals surface area contributed by atoms with Gasteiger partial charge >= 0.3 is 0 Å². The van der Waals surface area contributed by atoms with E-state index in [1.807, 2.05) is 6.07 Å². The fourth-order valence-corrected chi connectivity index (χ4v) is 4.96. The zero-order valence-corrected chi connectivity index (χ0v) is 16.3. The van der Waals surface area contributed by atoms with Crippen molar-refractivity contribution in [1.29, 1.82) is 0 Å². The molecule has 6 heteroatoms. The van der Waals surface area contributed by atoms with Gasteiger partial charge in [-0.25, -0.2) is 4.98 Å². The normalized spacial score (nSPS) is 14.3. The van der Waals surface area contributed by atoms with Crippen LogP contribution in [0.25, 0.3) is 22.2 Å². The van der Waals surface area contributed by atoms with Crippen LogP contribution in [0.1, 0.15) is 12.0 Å². The van der Waals surface area contributed by atoms with E-state index in [1.54, 1.807) is 15.1 Å². The monoisotopic (exact) mass is 455 g/mol. The highest BCUT2D eigenvalue weighted by molar-refractivity contribution is 14.2. The zero-order chi connectivity index (χ0) is 16.0. The first-order valence-corrected chi connectivity index (χ1v) is 11.2. The number of pyridine rings is 1. The van der Waals surface area contributed by atoms with Gasteiger partial charge in [0.15, 0.2) is 0 Å². The minimum absolute atomic E-state index is 0.740. The summed E-state index contributed by atoms with van der Waals surface area (Å²) in [5.41, 5.74) is 5.94. The Morgan fingerprint density at radius 2 is 2.22 bits per heavy atom. The lowest BCUT2D eigenvalue weighted by molar-refractivity contribution is 0.745. The third-order valence-electron chi connectivity index (χ3n) is 4.41. The van der Waals surface area contributed by atoms with E-state index >= 15 is 0 Å². The first kappa shape index (κ1) is 15.6. The lowest BCUT2D eigenvalue weighted by Crippen LogP contribution is -2.24. The van der Waals surface area contributed by atoms with Crippen LogP contribution in [-0.2, 0) is 6.42 Å². The molecule has 0 radical (unpaired) electrons. The molecule has 23 heavy (non-hydrogen) atoms. The number of rotatable bonds is 2. The molecule has 1 aliphatic heterocycles. The van der Waals surface area contributed by atoms with Crippen molar-refractivity contribution in [3.8, 4) is 11.1 Å². The Kier molecular flexibility index (Phi) is 4.19. The van der Waals surface area contributed by atoms with Crippen molar-refractivity contribution < 1.29 is 0 Å². The van der Waals surface area contributed by atoms with Gasteiger partial charge in [-0.05, 0) is 45.0 Å². The fraction of sp³-hybridized carbons (Fsp3) is 0.235. The zero-order valence-electron chi connectivity index (χ0n) is 12.6. The second-order valence-electron chi connectivity index (χ2n) is 5.79. The number of aromatic nitrogens is 2. The van der Waals surface area contributed by atoms with Gasteiger partial charge in [-0.3, -0.25) is 0 Å². The van der Waals surface area contributed by atoms with Gasteiger partial charge in [-0.2, -0.15) is 0 Å². The SMILES string of the molecule is CN1CCCc2ccc(-c3c(SI)[nH]c4nccc(Cl)c34)cc21. The molecule has 0 atom stereocenters. The summed E-state index contributed by atoms with van der Waals surface area (Å²) >= 11 is 8.78. The highest BCUT2D eigenvalue weighted by Gasteiger charge is 2.20. The van der Waals surface area contributed by atoms with Crippen LogP contribution < -0.4 is 4.90 Å². The molecule has 0 fully saturated rings.